The highest BCUT2D eigenvalue weighted by molar-refractivity contribution is 8.01. The number of ether oxygens (including phenoxy) is 1. The average molecular weight is 230 g/mol. The average Bonchev–Trinajstić information content (AvgIpc) is 2.67. The molecule has 0 aromatic carbocycles. The minimum Gasteiger partial charge on any atom is -0.463 e. The van der Waals surface area contributed by atoms with Crippen LogP contribution in [0, 0.1) is 0 Å². The predicted molar refractivity (Wildman–Crippen MR) is 56.4 cm³/mol. The van der Waals surface area contributed by atoms with Gasteiger partial charge in [0.05, 0.1) is 6.61 Å². The number of rotatable bonds is 5. The van der Waals surface area contributed by atoms with Crippen LogP contribution in [0.4, 0.5) is 0 Å². The van der Waals surface area contributed by atoms with Crippen molar-refractivity contribution < 1.29 is 9.53 Å². The summed E-state index contributed by atoms with van der Waals surface area (Å²) < 4.78 is 5.62. The molecule has 1 heterocycles. The molecule has 0 amide bonds. The minimum absolute atomic E-state index is 0.343. The van der Waals surface area contributed by atoms with Crippen LogP contribution in [0.25, 0.3) is 0 Å². The van der Waals surface area contributed by atoms with Gasteiger partial charge in [0.25, 0.3) is 0 Å². The summed E-state index contributed by atoms with van der Waals surface area (Å²) in [6.07, 6.45) is 0. The Morgan fingerprint density at radius 1 is 1.79 bits per heavy atom. The zero-order valence-electron chi connectivity index (χ0n) is 7.73. The molecule has 0 bridgehead atoms. The third-order valence-corrected chi connectivity index (χ3v) is 3.22. The first-order chi connectivity index (χ1) is 6.74. The van der Waals surface area contributed by atoms with E-state index in [1.165, 1.54) is 23.1 Å². The lowest BCUT2D eigenvalue weighted by atomic mass is 10.4. The van der Waals surface area contributed by atoms with Crippen molar-refractivity contribution in [3.05, 3.63) is 17.7 Å². The van der Waals surface area contributed by atoms with E-state index in [1.807, 2.05) is 0 Å². The molecule has 1 aromatic heterocycles. The molecule has 0 aliphatic heterocycles. The molecule has 0 unspecified atom stereocenters. The lowest BCUT2D eigenvalue weighted by molar-refractivity contribution is -0.138. The molecule has 0 aliphatic rings. The van der Waals surface area contributed by atoms with Crippen molar-refractivity contribution in [1.82, 2.24) is 10.2 Å². The van der Waals surface area contributed by atoms with E-state index in [4.69, 9.17) is 4.74 Å². The molecule has 1 rings (SSSR count). The van der Waals surface area contributed by atoms with E-state index in [0.717, 1.165) is 4.34 Å². The first-order valence-electron chi connectivity index (χ1n) is 3.98. The highest BCUT2D eigenvalue weighted by Crippen LogP contribution is 2.21. The van der Waals surface area contributed by atoms with Crippen LogP contribution < -0.4 is 0 Å². The quantitative estimate of drug-likeness (QED) is 0.438. The number of esters is 1. The fraction of sp³-hybridized carbons (Fsp3) is 0.375. The van der Waals surface area contributed by atoms with Crippen LogP contribution in [0.15, 0.2) is 22.0 Å². The van der Waals surface area contributed by atoms with Crippen LogP contribution in [0.2, 0.25) is 0 Å². The van der Waals surface area contributed by atoms with Crippen molar-refractivity contribution in [2.45, 2.75) is 11.3 Å². The Hall–Kier alpha value is -0.880. The minimum atomic E-state index is -0.343. The van der Waals surface area contributed by atoms with E-state index < -0.39 is 0 Å². The third-order valence-electron chi connectivity index (χ3n) is 1.27. The van der Waals surface area contributed by atoms with Gasteiger partial charge >= 0.3 is 5.97 Å². The van der Waals surface area contributed by atoms with Crippen molar-refractivity contribution in [2.24, 2.45) is 0 Å². The first kappa shape index (κ1) is 11.2. The maximum absolute atomic E-state index is 11.1. The Morgan fingerprint density at radius 2 is 2.57 bits per heavy atom. The van der Waals surface area contributed by atoms with Crippen molar-refractivity contribution in [3.8, 4) is 0 Å². The number of hydrogen-bond donors (Lipinski definition) is 0. The van der Waals surface area contributed by atoms with Gasteiger partial charge in [0.2, 0.25) is 0 Å². The molecular formula is C8H10N2O2S2. The van der Waals surface area contributed by atoms with Crippen molar-refractivity contribution >= 4 is 29.1 Å². The van der Waals surface area contributed by atoms with Gasteiger partial charge in [-0.1, -0.05) is 29.7 Å². The molecule has 1 aromatic rings. The van der Waals surface area contributed by atoms with Gasteiger partial charge in [0.15, 0.2) is 4.34 Å². The molecular weight excluding hydrogens is 220 g/mol. The number of thioether (sulfide) groups is 1. The monoisotopic (exact) mass is 230 g/mol. The molecule has 0 radical (unpaired) electrons. The van der Waals surface area contributed by atoms with Crippen LogP contribution in [0.3, 0.4) is 0 Å². The largest absolute Gasteiger partial charge is 0.463 e. The van der Waals surface area contributed by atoms with Gasteiger partial charge in [-0.15, -0.1) is 10.2 Å². The van der Waals surface area contributed by atoms with Gasteiger partial charge in [-0.2, -0.15) is 0 Å². The van der Waals surface area contributed by atoms with E-state index in [-0.39, 0.29) is 5.97 Å². The molecule has 0 aliphatic carbocycles. The zero-order chi connectivity index (χ0) is 10.4. The highest BCUT2D eigenvalue weighted by Gasteiger charge is 2.08. The normalized spacial score (nSPS) is 9.79. The second-order valence-electron chi connectivity index (χ2n) is 2.32. The van der Waals surface area contributed by atoms with Gasteiger partial charge in [-0.3, -0.25) is 0 Å². The van der Waals surface area contributed by atoms with Gasteiger partial charge < -0.3 is 4.74 Å². The number of carbonyl (C=O) groups excluding carboxylic acids is 1. The van der Waals surface area contributed by atoms with Crippen LogP contribution >= 0.6 is 23.1 Å². The Morgan fingerprint density at radius 3 is 3.14 bits per heavy atom. The van der Waals surface area contributed by atoms with Crippen LogP contribution in [0.1, 0.15) is 6.92 Å². The number of carbonyl (C=O) groups is 1. The number of aromatic nitrogens is 2. The summed E-state index contributed by atoms with van der Waals surface area (Å²) in [5, 5.41) is 7.51. The highest BCUT2D eigenvalue weighted by atomic mass is 32.2. The smallest absolute Gasteiger partial charge is 0.334 e. The van der Waals surface area contributed by atoms with Crippen LogP contribution in [-0.2, 0) is 9.53 Å². The summed E-state index contributed by atoms with van der Waals surface area (Å²) in [6, 6.07) is 0. The Labute approximate surface area is 90.4 Å². The third kappa shape index (κ3) is 3.47. The molecule has 0 N–H and O–H groups in total. The molecule has 0 fully saturated rings. The molecule has 6 heteroatoms. The second-order valence-corrected chi connectivity index (χ2v) is 4.37. The fourth-order valence-electron chi connectivity index (χ4n) is 0.667. The molecule has 76 valence electrons. The summed E-state index contributed by atoms with van der Waals surface area (Å²) in [5.74, 6) is 0.151. The van der Waals surface area contributed by atoms with E-state index >= 15 is 0 Å². The molecule has 14 heavy (non-hydrogen) atoms. The van der Waals surface area contributed by atoms with E-state index in [1.54, 1.807) is 12.4 Å². The maximum Gasteiger partial charge on any atom is 0.334 e. The SMILES string of the molecule is C=C(CSc1nncs1)C(=O)OCC. The molecule has 0 saturated carbocycles. The Kier molecular flexibility index (Phi) is 4.61. The lowest BCUT2D eigenvalue weighted by Crippen LogP contribution is -2.08. The summed E-state index contributed by atoms with van der Waals surface area (Å²) in [4.78, 5) is 11.1. The van der Waals surface area contributed by atoms with Crippen molar-refractivity contribution in [3.63, 3.8) is 0 Å². The fourth-order valence-corrected chi connectivity index (χ4v) is 2.04. The van der Waals surface area contributed by atoms with E-state index in [9.17, 15) is 4.79 Å². The molecule has 0 spiro atoms. The maximum atomic E-state index is 11.1. The van der Waals surface area contributed by atoms with Crippen molar-refractivity contribution in [2.75, 3.05) is 12.4 Å². The topological polar surface area (TPSA) is 52.1 Å². The van der Waals surface area contributed by atoms with Gasteiger partial charge in [0, 0.05) is 11.3 Å². The predicted octanol–water partition coefficient (Wildman–Crippen LogP) is 1.75. The van der Waals surface area contributed by atoms with Crippen LogP contribution in [0.5, 0.6) is 0 Å². The second kappa shape index (κ2) is 5.77. The lowest BCUT2D eigenvalue weighted by Gasteiger charge is -2.02. The summed E-state index contributed by atoms with van der Waals surface area (Å²) in [7, 11) is 0. The summed E-state index contributed by atoms with van der Waals surface area (Å²) in [5.41, 5.74) is 2.10. The summed E-state index contributed by atoms with van der Waals surface area (Å²) in [6.45, 7) is 5.78. The van der Waals surface area contributed by atoms with Crippen LogP contribution in [-0.4, -0.2) is 28.5 Å². The Balaban J connectivity index is 2.31. The van der Waals surface area contributed by atoms with E-state index in [0.29, 0.717) is 17.9 Å². The summed E-state index contributed by atoms with van der Waals surface area (Å²) >= 11 is 2.87. The van der Waals surface area contributed by atoms with Gasteiger partial charge in [-0.25, -0.2) is 4.79 Å². The molecule has 0 saturated heterocycles. The van der Waals surface area contributed by atoms with Gasteiger partial charge in [0.1, 0.15) is 5.51 Å². The first-order valence-corrected chi connectivity index (χ1v) is 5.84. The number of nitrogens with zero attached hydrogens (tertiary/aromatic N) is 2. The van der Waals surface area contributed by atoms with Gasteiger partial charge in [-0.05, 0) is 6.92 Å². The molecule has 4 nitrogen and oxygen atoms in total. The Bertz CT molecular complexity index is 311. The standard InChI is InChI=1S/C8H10N2O2S2/c1-3-12-7(11)6(2)4-13-8-10-9-5-14-8/h5H,2-4H2,1H3. The zero-order valence-corrected chi connectivity index (χ0v) is 9.36. The van der Waals surface area contributed by atoms with E-state index in [2.05, 4.69) is 16.8 Å². The van der Waals surface area contributed by atoms with Crippen molar-refractivity contribution in [1.29, 1.82) is 0 Å². The molecule has 0 atom stereocenters. The number of hydrogen-bond acceptors (Lipinski definition) is 6.